The molecule has 1 aliphatic rings. The Morgan fingerprint density at radius 1 is 1.57 bits per heavy atom. The number of nitrogens with one attached hydrogen (secondary N) is 2. The summed E-state index contributed by atoms with van der Waals surface area (Å²) in [5.74, 6) is 3.60. The monoisotopic (exact) mass is 202 g/mol. The Bertz CT molecular complexity index is 318. The fourth-order valence-electron chi connectivity index (χ4n) is 0.295. The lowest BCUT2D eigenvalue weighted by Crippen LogP contribution is -2.35. The van der Waals surface area contributed by atoms with Gasteiger partial charge in [-0.3, -0.25) is 10.8 Å². The predicted octanol–water partition coefficient (Wildman–Crippen LogP) is -1.45. The van der Waals surface area contributed by atoms with Crippen molar-refractivity contribution in [1.29, 1.82) is 5.41 Å². The van der Waals surface area contributed by atoms with Crippen LogP contribution in [-0.4, -0.2) is 22.9 Å². The first-order chi connectivity index (χ1) is 6.47. The van der Waals surface area contributed by atoms with Crippen LogP contribution in [-0.2, 0) is 0 Å². The SMILES string of the molecule is N=C(N)NN.O=C1N=NC([N+](=O)[O-])=N1. The van der Waals surface area contributed by atoms with Crippen LogP contribution in [0.3, 0.4) is 0 Å². The molecule has 0 fully saturated rings. The minimum atomic E-state index is -0.929. The molecule has 1 heterocycles. The highest BCUT2D eigenvalue weighted by Gasteiger charge is 2.23. The van der Waals surface area contributed by atoms with Crippen molar-refractivity contribution in [2.24, 2.45) is 26.8 Å². The fourth-order valence-corrected chi connectivity index (χ4v) is 0.295. The van der Waals surface area contributed by atoms with Gasteiger partial charge in [0, 0.05) is 10.1 Å². The maximum atomic E-state index is 10.0. The van der Waals surface area contributed by atoms with Gasteiger partial charge in [-0.25, -0.2) is 10.6 Å². The number of hydrogen-bond acceptors (Lipinski definition) is 6. The van der Waals surface area contributed by atoms with Gasteiger partial charge in [0.2, 0.25) is 0 Å². The number of amides is 2. The van der Waals surface area contributed by atoms with E-state index in [0.717, 1.165) is 0 Å². The van der Waals surface area contributed by atoms with E-state index in [2.05, 4.69) is 26.8 Å². The number of carbonyl (C=O) groups excluding carboxylic acids is 1. The highest BCUT2D eigenvalue weighted by atomic mass is 16.6. The zero-order valence-electron chi connectivity index (χ0n) is 6.67. The normalized spacial score (nSPS) is 12.6. The first-order valence-corrected chi connectivity index (χ1v) is 2.96. The number of nitrogens with two attached hydrogens (primary N) is 2. The lowest BCUT2D eigenvalue weighted by molar-refractivity contribution is -0.351. The maximum absolute atomic E-state index is 10.0. The van der Waals surface area contributed by atoms with Gasteiger partial charge in [-0.2, -0.15) is 0 Å². The third-order valence-corrected chi connectivity index (χ3v) is 0.739. The third kappa shape index (κ3) is 4.45. The van der Waals surface area contributed by atoms with E-state index in [1.54, 1.807) is 0 Å². The van der Waals surface area contributed by atoms with Gasteiger partial charge in [0.05, 0.1) is 5.11 Å². The fraction of sp³-hybridized carbons (Fsp3) is 0. The molecule has 6 N–H and O–H groups in total. The van der Waals surface area contributed by atoms with Gasteiger partial charge in [0.15, 0.2) is 5.96 Å². The molecule has 11 heteroatoms. The number of hydrogen-bond donors (Lipinski definition) is 4. The zero-order chi connectivity index (χ0) is 11.1. The number of carbonyl (C=O) groups is 1. The highest BCUT2D eigenvalue weighted by molar-refractivity contribution is 5.93. The molecule has 11 nitrogen and oxygen atoms in total. The summed E-state index contributed by atoms with van der Waals surface area (Å²) < 4.78 is 0. The summed E-state index contributed by atoms with van der Waals surface area (Å²) in [4.78, 5) is 21.7. The Morgan fingerprint density at radius 2 is 2.07 bits per heavy atom. The molecular formula is C3H6N8O3. The number of nitrogens with zero attached hydrogens (tertiary/aromatic N) is 4. The maximum Gasteiger partial charge on any atom is 0.496 e. The molecule has 2 amide bonds. The smallest absolute Gasteiger partial charge is 0.390 e. The van der Waals surface area contributed by atoms with Crippen LogP contribution in [0.4, 0.5) is 4.79 Å². The third-order valence-electron chi connectivity index (χ3n) is 0.739. The number of aliphatic imine (C=N–C) groups is 1. The van der Waals surface area contributed by atoms with E-state index in [4.69, 9.17) is 5.41 Å². The number of rotatable bonds is 0. The highest BCUT2D eigenvalue weighted by Crippen LogP contribution is 1.97. The molecule has 0 aromatic heterocycles. The summed E-state index contributed by atoms with van der Waals surface area (Å²) in [7, 11) is 0. The topological polar surface area (TPSA) is 185 Å². The van der Waals surface area contributed by atoms with E-state index >= 15 is 0 Å². The van der Waals surface area contributed by atoms with Crippen LogP contribution in [0.25, 0.3) is 0 Å². The molecular weight excluding hydrogens is 196 g/mol. The predicted molar refractivity (Wildman–Crippen MR) is 43.9 cm³/mol. The summed E-state index contributed by atoms with van der Waals surface area (Å²) in [6, 6.07) is -0.929. The largest absolute Gasteiger partial charge is 0.496 e. The second-order valence-electron chi connectivity index (χ2n) is 1.71. The Labute approximate surface area is 76.5 Å². The minimum absolute atomic E-state index is 0.218. The van der Waals surface area contributed by atoms with Crippen molar-refractivity contribution in [2.45, 2.75) is 0 Å². The molecule has 0 saturated carbocycles. The van der Waals surface area contributed by atoms with Gasteiger partial charge in [0.25, 0.3) is 0 Å². The Morgan fingerprint density at radius 3 is 2.21 bits per heavy atom. The molecule has 0 atom stereocenters. The minimum Gasteiger partial charge on any atom is -0.390 e. The van der Waals surface area contributed by atoms with Crippen molar-refractivity contribution >= 4 is 18.0 Å². The molecule has 0 bridgehead atoms. The molecule has 76 valence electrons. The number of hydrazine groups is 1. The number of urea groups is 1. The van der Waals surface area contributed by atoms with Crippen LogP contribution in [0.1, 0.15) is 0 Å². The van der Waals surface area contributed by atoms with Crippen molar-refractivity contribution in [3.05, 3.63) is 10.1 Å². The number of guanidine groups is 2. The van der Waals surface area contributed by atoms with Crippen molar-refractivity contribution in [3.8, 4) is 0 Å². The van der Waals surface area contributed by atoms with Crippen molar-refractivity contribution in [3.63, 3.8) is 0 Å². The molecule has 14 heavy (non-hydrogen) atoms. The molecule has 0 spiro atoms. The number of azo groups is 1. The number of nitro groups is 1. The summed E-state index contributed by atoms with van der Waals surface area (Å²) in [5, 5.41) is 21.6. The van der Waals surface area contributed by atoms with Gasteiger partial charge >= 0.3 is 12.0 Å². The Balaban J connectivity index is 0.000000292. The van der Waals surface area contributed by atoms with E-state index in [1.165, 1.54) is 0 Å². The van der Waals surface area contributed by atoms with Crippen molar-refractivity contribution < 1.29 is 9.72 Å². The average Bonchev–Trinajstić information content (AvgIpc) is 2.53. The Kier molecular flexibility index (Phi) is 4.34. The van der Waals surface area contributed by atoms with E-state index in [1.807, 2.05) is 5.43 Å². The first kappa shape index (κ1) is 11.6. The van der Waals surface area contributed by atoms with E-state index in [0.29, 0.717) is 0 Å². The molecule has 0 aliphatic carbocycles. The first-order valence-electron chi connectivity index (χ1n) is 2.96. The van der Waals surface area contributed by atoms with Gasteiger partial charge in [-0.15, -0.1) is 0 Å². The molecule has 0 saturated heterocycles. The standard InChI is InChI=1S/C2N4O3.CH6N4/c7-2-3-1(4-5-2)6(8)9;2-1(3)5-4/h;4H2,(H4,2,3,5). The van der Waals surface area contributed by atoms with E-state index in [9.17, 15) is 14.9 Å². The van der Waals surface area contributed by atoms with Gasteiger partial charge in [0.1, 0.15) is 0 Å². The quantitative estimate of drug-likeness (QED) is 0.122. The zero-order valence-corrected chi connectivity index (χ0v) is 6.67. The van der Waals surface area contributed by atoms with Crippen LogP contribution < -0.4 is 17.0 Å². The van der Waals surface area contributed by atoms with Crippen molar-refractivity contribution in [2.75, 3.05) is 0 Å². The van der Waals surface area contributed by atoms with Crippen LogP contribution in [0.5, 0.6) is 0 Å². The summed E-state index contributed by atoms with van der Waals surface area (Å²) in [6.07, 6.45) is 0. The summed E-state index contributed by atoms with van der Waals surface area (Å²) >= 11 is 0. The van der Waals surface area contributed by atoms with E-state index < -0.39 is 16.9 Å². The van der Waals surface area contributed by atoms with Crippen molar-refractivity contribution in [1.82, 2.24) is 5.43 Å². The average molecular weight is 202 g/mol. The second-order valence-corrected chi connectivity index (χ2v) is 1.71. The van der Waals surface area contributed by atoms with Gasteiger partial charge < -0.3 is 15.8 Å². The summed E-state index contributed by atoms with van der Waals surface area (Å²) in [5.41, 5.74) is 6.53. The lowest BCUT2D eigenvalue weighted by Gasteiger charge is -1.85. The Hall–Kier alpha value is -2.43. The van der Waals surface area contributed by atoms with E-state index in [-0.39, 0.29) is 5.96 Å². The molecule has 0 radical (unpaired) electrons. The van der Waals surface area contributed by atoms with Crippen LogP contribution >= 0.6 is 0 Å². The van der Waals surface area contributed by atoms with Crippen LogP contribution in [0, 0.1) is 15.5 Å². The molecule has 0 aromatic rings. The van der Waals surface area contributed by atoms with Gasteiger partial charge in [-0.05, 0) is 4.92 Å². The molecule has 0 aromatic carbocycles. The summed E-state index contributed by atoms with van der Waals surface area (Å²) in [6.45, 7) is 0. The molecule has 0 unspecified atom stereocenters. The lowest BCUT2D eigenvalue weighted by atomic mass is 11.0. The van der Waals surface area contributed by atoms with Crippen LogP contribution in [0.2, 0.25) is 0 Å². The molecule has 1 aliphatic heterocycles. The van der Waals surface area contributed by atoms with Gasteiger partial charge in [-0.1, -0.05) is 0 Å². The second kappa shape index (κ2) is 5.26. The molecule has 1 rings (SSSR count). The van der Waals surface area contributed by atoms with Crippen LogP contribution in [0.15, 0.2) is 15.2 Å².